The molecule has 4 heteroatoms. The summed E-state index contributed by atoms with van der Waals surface area (Å²) in [4.78, 5) is 0. The molecular weight excluding hydrogens is 224 g/mol. The maximum Gasteiger partial charge on any atom is 0.0693 e. The van der Waals surface area contributed by atoms with Crippen LogP contribution in [0.25, 0.3) is 5.69 Å². The molecule has 90 valence electrons. The predicted octanol–water partition coefficient (Wildman–Crippen LogP) is 2.43. The van der Waals surface area contributed by atoms with Crippen LogP contribution in [0.15, 0.2) is 55.0 Å². The normalized spacial score (nSPS) is 10.7. The second-order valence-corrected chi connectivity index (χ2v) is 4.26. The number of para-hydroxylation sites is 1. The summed E-state index contributed by atoms with van der Waals surface area (Å²) in [6.45, 7) is 2.81. The van der Waals surface area contributed by atoms with Crippen LogP contribution >= 0.6 is 0 Å². The topological polar surface area (TPSA) is 35.6 Å². The van der Waals surface area contributed by atoms with Gasteiger partial charge in [0.15, 0.2) is 0 Å². The molecule has 0 bridgehead atoms. The van der Waals surface area contributed by atoms with Crippen LogP contribution in [0.3, 0.4) is 0 Å². The second kappa shape index (κ2) is 4.49. The summed E-state index contributed by atoms with van der Waals surface area (Å²) < 4.78 is 3.85. The third-order valence-electron chi connectivity index (χ3n) is 2.92. The molecule has 2 heterocycles. The molecule has 0 unspecified atom stereocenters. The molecule has 3 rings (SSSR count). The molecule has 18 heavy (non-hydrogen) atoms. The molecule has 0 aliphatic carbocycles. The van der Waals surface area contributed by atoms with E-state index in [0.717, 1.165) is 23.5 Å². The van der Waals surface area contributed by atoms with Crippen molar-refractivity contribution in [1.82, 2.24) is 19.6 Å². The van der Waals surface area contributed by atoms with Crippen molar-refractivity contribution in [2.24, 2.45) is 0 Å². The van der Waals surface area contributed by atoms with Crippen LogP contribution < -0.4 is 0 Å². The van der Waals surface area contributed by atoms with Crippen molar-refractivity contribution in [3.05, 3.63) is 66.2 Å². The van der Waals surface area contributed by atoms with Gasteiger partial charge in [-0.1, -0.05) is 18.2 Å². The van der Waals surface area contributed by atoms with Crippen molar-refractivity contribution in [3.63, 3.8) is 0 Å². The summed E-state index contributed by atoms with van der Waals surface area (Å²) in [5.41, 5.74) is 3.37. The summed E-state index contributed by atoms with van der Waals surface area (Å²) in [5, 5.41) is 8.64. The number of nitrogens with zero attached hydrogens (tertiary/aromatic N) is 4. The van der Waals surface area contributed by atoms with Gasteiger partial charge in [-0.15, -0.1) is 0 Å². The number of hydrogen-bond donors (Lipinski definition) is 0. The zero-order valence-electron chi connectivity index (χ0n) is 10.2. The van der Waals surface area contributed by atoms with Crippen molar-refractivity contribution in [2.75, 3.05) is 0 Å². The zero-order chi connectivity index (χ0) is 12.4. The maximum absolute atomic E-state index is 4.37. The average Bonchev–Trinajstić information content (AvgIpc) is 3.02. The van der Waals surface area contributed by atoms with Gasteiger partial charge in [-0.25, -0.2) is 4.68 Å². The molecule has 0 aliphatic rings. The Morgan fingerprint density at radius 1 is 1.06 bits per heavy atom. The van der Waals surface area contributed by atoms with E-state index in [1.807, 2.05) is 64.4 Å². The highest BCUT2D eigenvalue weighted by Crippen LogP contribution is 2.09. The van der Waals surface area contributed by atoms with Crippen LogP contribution in [0.2, 0.25) is 0 Å². The van der Waals surface area contributed by atoms with E-state index in [1.165, 1.54) is 0 Å². The molecular formula is C14H14N4. The number of hydrogen-bond acceptors (Lipinski definition) is 2. The van der Waals surface area contributed by atoms with Gasteiger partial charge in [-0.2, -0.15) is 10.2 Å². The lowest BCUT2D eigenvalue weighted by Crippen LogP contribution is -2.02. The monoisotopic (exact) mass is 238 g/mol. The van der Waals surface area contributed by atoms with Gasteiger partial charge >= 0.3 is 0 Å². The molecule has 2 aromatic heterocycles. The third-order valence-corrected chi connectivity index (χ3v) is 2.92. The predicted molar refractivity (Wildman–Crippen MR) is 69.6 cm³/mol. The highest BCUT2D eigenvalue weighted by Gasteiger charge is 2.03. The van der Waals surface area contributed by atoms with Gasteiger partial charge < -0.3 is 0 Å². The molecule has 0 saturated heterocycles. The van der Waals surface area contributed by atoms with Crippen LogP contribution in [0.1, 0.15) is 11.3 Å². The fourth-order valence-electron chi connectivity index (χ4n) is 1.90. The van der Waals surface area contributed by atoms with Crippen molar-refractivity contribution in [3.8, 4) is 5.69 Å². The summed E-state index contributed by atoms with van der Waals surface area (Å²) >= 11 is 0. The minimum Gasteiger partial charge on any atom is -0.265 e. The first-order valence-corrected chi connectivity index (χ1v) is 5.90. The molecule has 0 N–H and O–H groups in total. The Balaban J connectivity index is 1.84. The Morgan fingerprint density at radius 3 is 2.61 bits per heavy atom. The Kier molecular flexibility index (Phi) is 2.68. The van der Waals surface area contributed by atoms with Crippen molar-refractivity contribution < 1.29 is 0 Å². The molecule has 1 aromatic carbocycles. The largest absolute Gasteiger partial charge is 0.265 e. The number of aryl methyl sites for hydroxylation is 1. The van der Waals surface area contributed by atoms with Crippen LogP contribution in [0, 0.1) is 6.92 Å². The van der Waals surface area contributed by atoms with Gasteiger partial charge in [0.1, 0.15) is 0 Å². The lowest BCUT2D eigenvalue weighted by molar-refractivity contribution is 0.665. The number of aromatic nitrogens is 4. The van der Waals surface area contributed by atoms with E-state index in [0.29, 0.717) is 0 Å². The van der Waals surface area contributed by atoms with E-state index in [2.05, 4.69) is 17.1 Å². The third kappa shape index (κ3) is 2.05. The lowest BCUT2D eigenvalue weighted by atomic mass is 10.3. The fourth-order valence-corrected chi connectivity index (χ4v) is 1.90. The standard InChI is InChI=1S/C14H14N4/c1-12-7-8-15-17(12)10-13-9-16-18(11-13)14-5-3-2-4-6-14/h2-9,11H,10H2,1H3. The van der Waals surface area contributed by atoms with Crippen LogP contribution in [-0.2, 0) is 6.54 Å². The van der Waals surface area contributed by atoms with E-state index in [4.69, 9.17) is 0 Å². The minimum absolute atomic E-state index is 0.756. The van der Waals surface area contributed by atoms with Crippen molar-refractivity contribution in [2.45, 2.75) is 13.5 Å². The maximum atomic E-state index is 4.37. The van der Waals surface area contributed by atoms with Crippen molar-refractivity contribution >= 4 is 0 Å². The van der Waals surface area contributed by atoms with E-state index >= 15 is 0 Å². The minimum atomic E-state index is 0.756. The molecule has 0 radical (unpaired) electrons. The Morgan fingerprint density at radius 2 is 1.89 bits per heavy atom. The van der Waals surface area contributed by atoms with Gasteiger partial charge in [-0.05, 0) is 25.1 Å². The van der Waals surface area contributed by atoms with Gasteiger partial charge in [-0.3, -0.25) is 4.68 Å². The molecule has 0 spiro atoms. The highest BCUT2D eigenvalue weighted by molar-refractivity contribution is 5.30. The molecule has 0 fully saturated rings. The van der Waals surface area contributed by atoms with E-state index in [9.17, 15) is 0 Å². The summed E-state index contributed by atoms with van der Waals surface area (Å²) in [6.07, 6.45) is 5.74. The first-order valence-electron chi connectivity index (χ1n) is 5.90. The SMILES string of the molecule is Cc1ccnn1Cc1cnn(-c2ccccc2)c1. The quantitative estimate of drug-likeness (QED) is 0.702. The van der Waals surface area contributed by atoms with Crippen molar-refractivity contribution in [1.29, 1.82) is 0 Å². The number of benzene rings is 1. The molecule has 0 aliphatic heterocycles. The fraction of sp³-hybridized carbons (Fsp3) is 0.143. The van der Waals surface area contributed by atoms with Crippen LogP contribution in [0.4, 0.5) is 0 Å². The van der Waals surface area contributed by atoms with Crippen LogP contribution in [0.5, 0.6) is 0 Å². The first-order chi connectivity index (χ1) is 8.83. The van der Waals surface area contributed by atoms with Gasteiger partial charge in [0.25, 0.3) is 0 Å². The molecule has 4 nitrogen and oxygen atoms in total. The van der Waals surface area contributed by atoms with Crippen LogP contribution in [-0.4, -0.2) is 19.6 Å². The Labute approximate surface area is 105 Å². The second-order valence-electron chi connectivity index (χ2n) is 4.26. The summed E-state index contributed by atoms with van der Waals surface area (Å²) in [5.74, 6) is 0. The average molecular weight is 238 g/mol. The zero-order valence-corrected chi connectivity index (χ0v) is 10.2. The first kappa shape index (κ1) is 10.8. The van der Waals surface area contributed by atoms with E-state index < -0.39 is 0 Å². The molecule has 3 aromatic rings. The van der Waals surface area contributed by atoms with Gasteiger partial charge in [0.2, 0.25) is 0 Å². The molecule has 0 amide bonds. The summed E-state index contributed by atoms with van der Waals surface area (Å²) in [6, 6.07) is 12.1. The van der Waals surface area contributed by atoms with Gasteiger partial charge in [0, 0.05) is 23.7 Å². The van der Waals surface area contributed by atoms with Gasteiger partial charge in [0.05, 0.1) is 18.4 Å². The summed E-state index contributed by atoms with van der Waals surface area (Å²) in [7, 11) is 0. The van der Waals surface area contributed by atoms with E-state index in [1.54, 1.807) is 0 Å². The Hall–Kier alpha value is -2.36. The van der Waals surface area contributed by atoms with E-state index in [-0.39, 0.29) is 0 Å². The highest BCUT2D eigenvalue weighted by atomic mass is 15.3. The lowest BCUT2D eigenvalue weighted by Gasteiger charge is -2.01. The Bertz CT molecular complexity index is 637. The number of rotatable bonds is 3. The smallest absolute Gasteiger partial charge is 0.0693 e. The molecule has 0 saturated carbocycles. The molecule has 0 atom stereocenters.